The molecule has 0 radical (unpaired) electrons. The topological polar surface area (TPSA) is 48.1 Å². The molecule has 0 saturated heterocycles. The monoisotopic (exact) mass is 298 g/mol. The Morgan fingerprint density at radius 2 is 1.89 bits per heavy atom. The second-order valence-electron chi connectivity index (χ2n) is 3.38. The van der Waals surface area contributed by atoms with E-state index in [4.69, 9.17) is 45.9 Å². The fourth-order valence-electron chi connectivity index (χ4n) is 1.28. The minimum absolute atomic E-state index is 0.206. The van der Waals surface area contributed by atoms with Crippen LogP contribution >= 0.6 is 35.4 Å². The standard InChI is InChI=1S/C12H8Cl2N2OS/c13-7-3-1-5-9(11(7)14)17-10-6-2-4-8(16-10)12(15)18/h1-6H,(H2,15,18). The Bertz CT molecular complexity index is 604. The van der Waals surface area contributed by atoms with E-state index in [1.807, 2.05) is 0 Å². The van der Waals surface area contributed by atoms with Gasteiger partial charge in [-0.3, -0.25) is 0 Å². The summed E-state index contributed by atoms with van der Waals surface area (Å²) >= 11 is 16.7. The Balaban J connectivity index is 2.31. The van der Waals surface area contributed by atoms with Crippen molar-refractivity contribution in [1.82, 2.24) is 4.98 Å². The van der Waals surface area contributed by atoms with Crippen molar-refractivity contribution in [1.29, 1.82) is 0 Å². The average molecular weight is 299 g/mol. The minimum Gasteiger partial charge on any atom is -0.437 e. The molecule has 0 spiro atoms. The van der Waals surface area contributed by atoms with Crippen LogP contribution < -0.4 is 10.5 Å². The number of rotatable bonds is 3. The molecular formula is C12H8Cl2N2OS. The number of benzene rings is 1. The zero-order valence-electron chi connectivity index (χ0n) is 9.06. The van der Waals surface area contributed by atoms with E-state index in [9.17, 15) is 0 Å². The van der Waals surface area contributed by atoms with Crippen LogP contribution in [-0.4, -0.2) is 9.97 Å². The van der Waals surface area contributed by atoms with Crippen molar-refractivity contribution in [3.8, 4) is 11.6 Å². The van der Waals surface area contributed by atoms with Crippen LogP contribution in [0.15, 0.2) is 36.4 Å². The Hall–Kier alpha value is -1.36. The molecule has 2 N–H and O–H groups in total. The van der Waals surface area contributed by atoms with Crippen LogP contribution in [0.4, 0.5) is 0 Å². The van der Waals surface area contributed by atoms with Crippen molar-refractivity contribution in [3.05, 3.63) is 52.1 Å². The lowest BCUT2D eigenvalue weighted by Gasteiger charge is -2.08. The van der Waals surface area contributed by atoms with Gasteiger partial charge in [0, 0.05) is 6.07 Å². The van der Waals surface area contributed by atoms with Crippen LogP contribution in [0.25, 0.3) is 0 Å². The lowest BCUT2D eigenvalue weighted by Crippen LogP contribution is -2.11. The summed E-state index contributed by atoms with van der Waals surface area (Å²) in [5, 5.41) is 0.751. The number of aromatic nitrogens is 1. The summed E-state index contributed by atoms with van der Waals surface area (Å²) in [4.78, 5) is 4.35. The number of hydrogen-bond acceptors (Lipinski definition) is 3. The summed E-state index contributed by atoms with van der Waals surface area (Å²) in [5.41, 5.74) is 5.98. The fourth-order valence-corrected chi connectivity index (χ4v) is 1.73. The van der Waals surface area contributed by atoms with Crippen LogP contribution in [0.3, 0.4) is 0 Å². The average Bonchev–Trinajstić information content (AvgIpc) is 2.35. The lowest BCUT2D eigenvalue weighted by atomic mass is 10.3. The van der Waals surface area contributed by atoms with Crippen molar-refractivity contribution in [2.75, 3.05) is 0 Å². The number of nitrogens with two attached hydrogens (primary N) is 1. The van der Waals surface area contributed by atoms with Crippen LogP contribution in [0, 0.1) is 0 Å². The predicted molar refractivity (Wildman–Crippen MR) is 76.7 cm³/mol. The molecule has 0 bridgehead atoms. The smallest absolute Gasteiger partial charge is 0.219 e. The van der Waals surface area contributed by atoms with Gasteiger partial charge in [0.15, 0.2) is 0 Å². The summed E-state index contributed by atoms with van der Waals surface area (Å²) in [6, 6.07) is 10.2. The van der Waals surface area contributed by atoms with Crippen LogP contribution in [-0.2, 0) is 0 Å². The highest BCUT2D eigenvalue weighted by molar-refractivity contribution is 7.80. The Kier molecular flexibility index (Phi) is 4.01. The maximum atomic E-state index is 6.01. The summed E-state index contributed by atoms with van der Waals surface area (Å²) in [6.45, 7) is 0. The van der Waals surface area contributed by atoms with Crippen LogP contribution in [0.1, 0.15) is 5.69 Å². The molecule has 2 rings (SSSR count). The zero-order valence-corrected chi connectivity index (χ0v) is 11.4. The molecule has 0 amide bonds. The summed E-state index contributed by atoms with van der Waals surface area (Å²) < 4.78 is 5.54. The highest BCUT2D eigenvalue weighted by Crippen LogP contribution is 2.33. The first-order chi connectivity index (χ1) is 8.58. The van der Waals surface area contributed by atoms with Crippen LogP contribution in [0.5, 0.6) is 11.6 Å². The Morgan fingerprint density at radius 3 is 2.61 bits per heavy atom. The number of halogens is 2. The quantitative estimate of drug-likeness (QED) is 0.875. The van der Waals surface area contributed by atoms with E-state index in [1.54, 1.807) is 36.4 Å². The number of ether oxygens (including phenoxy) is 1. The molecule has 2 aromatic rings. The molecule has 0 atom stereocenters. The molecule has 6 heteroatoms. The maximum Gasteiger partial charge on any atom is 0.219 e. The first-order valence-corrected chi connectivity index (χ1v) is 6.13. The van der Waals surface area contributed by atoms with Gasteiger partial charge in [-0.1, -0.05) is 47.6 Å². The molecular weight excluding hydrogens is 291 g/mol. The van der Waals surface area contributed by atoms with Gasteiger partial charge in [-0.2, -0.15) is 0 Å². The molecule has 0 fully saturated rings. The third-order valence-electron chi connectivity index (χ3n) is 2.11. The number of pyridine rings is 1. The maximum absolute atomic E-state index is 6.01. The van der Waals surface area contributed by atoms with Crippen molar-refractivity contribution in [2.24, 2.45) is 5.73 Å². The van der Waals surface area contributed by atoms with E-state index >= 15 is 0 Å². The second-order valence-corrected chi connectivity index (χ2v) is 4.60. The third-order valence-corrected chi connectivity index (χ3v) is 3.12. The highest BCUT2D eigenvalue weighted by atomic mass is 35.5. The molecule has 1 aromatic carbocycles. The first-order valence-electron chi connectivity index (χ1n) is 4.96. The van der Waals surface area contributed by atoms with Crippen molar-refractivity contribution in [3.63, 3.8) is 0 Å². The minimum atomic E-state index is 0.206. The predicted octanol–water partition coefficient (Wildman–Crippen LogP) is 3.81. The number of thiocarbonyl (C=S) groups is 1. The van der Waals surface area contributed by atoms with Gasteiger partial charge in [0.2, 0.25) is 5.88 Å². The number of nitrogens with zero attached hydrogens (tertiary/aromatic N) is 1. The van der Waals surface area contributed by atoms with Crippen molar-refractivity contribution in [2.45, 2.75) is 0 Å². The molecule has 1 heterocycles. The Labute approximate surface area is 119 Å². The van der Waals surface area contributed by atoms with Gasteiger partial charge in [-0.15, -0.1) is 0 Å². The molecule has 0 aliphatic heterocycles. The fraction of sp³-hybridized carbons (Fsp3) is 0. The van der Waals surface area contributed by atoms with Gasteiger partial charge >= 0.3 is 0 Å². The molecule has 0 aliphatic rings. The normalized spacial score (nSPS) is 10.1. The van der Waals surface area contributed by atoms with E-state index in [2.05, 4.69) is 4.98 Å². The van der Waals surface area contributed by atoms with Crippen LogP contribution in [0.2, 0.25) is 10.0 Å². The second kappa shape index (κ2) is 5.52. The molecule has 18 heavy (non-hydrogen) atoms. The van der Waals surface area contributed by atoms with Gasteiger partial charge in [-0.25, -0.2) is 4.98 Å². The molecule has 0 aliphatic carbocycles. The molecule has 3 nitrogen and oxygen atoms in total. The third kappa shape index (κ3) is 2.90. The summed E-state index contributed by atoms with van der Waals surface area (Å²) in [6.07, 6.45) is 0. The largest absolute Gasteiger partial charge is 0.437 e. The van der Waals surface area contributed by atoms with Gasteiger partial charge in [-0.05, 0) is 18.2 Å². The first kappa shape index (κ1) is 13.1. The van der Waals surface area contributed by atoms with E-state index in [0.717, 1.165) is 0 Å². The SMILES string of the molecule is NC(=S)c1cccc(Oc2cccc(Cl)c2Cl)n1. The highest BCUT2D eigenvalue weighted by Gasteiger charge is 2.08. The molecule has 0 unspecified atom stereocenters. The van der Waals surface area contributed by atoms with Crippen molar-refractivity contribution >= 4 is 40.4 Å². The molecule has 92 valence electrons. The van der Waals surface area contributed by atoms with Crippen molar-refractivity contribution < 1.29 is 4.74 Å². The summed E-state index contributed by atoms with van der Waals surface area (Å²) in [5.74, 6) is 0.779. The van der Waals surface area contributed by atoms with E-state index in [1.165, 1.54) is 0 Å². The van der Waals surface area contributed by atoms with E-state index < -0.39 is 0 Å². The zero-order chi connectivity index (χ0) is 13.1. The van der Waals surface area contributed by atoms with E-state index in [-0.39, 0.29) is 4.99 Å². The van der Waals surface area contributed by atoms with Gasteiger partial charge in [0.1, 0.15) is 21.5 Å². The van der Waals surface area contributed by atoms with Gasteiger partial charge in [0.25, 0.3) is 0 Å². The molecule has 1 aromatic heterocycles. The van der Waals surface area contributed by atoms with E-state index in [0.29, 0.717) is 27.4 Å². The summed E-state index contributed by atoms with van der Waals surface area (Å²) in [7, 11) is 0. The number of hydrogen-bond donors (Lipinski definition) is 1. The van der Waals surface area contributed by atoms with Gasteiger partial charge in [0.05, 0.1) is 5.02 Å². The molecule has 0 saturated carbocycles. The van der Waals surface area contributed by atoms with Gasteiger partial charge < -0.3 is 10.5 Å². The Morgan fingerprint density at radius 1 is 1.17 bits per heavy atom. The lowest BCUT2D eigenvalue weighted by molar-refractivity contribution is 0.463.